The van der Waals surface area contributed by atoms with Gasteiger partial charge in [0, 0.05) is 6.42 Å². The molecule has 2 aliphatic heterocycles. The van der Waals surface area contributed by atoms with Crippen molar-refractivity contribution in [3.63, 3.8) is 0 Å². The molecule has 2 unspecified atom stereocenters. The number of rotatable bonds is 0. The van der Waals surface area contributed by atoms with Gasteiger partial charge in [0.2, 0.25) is 0 Å². The van der Waals surface area contributed by atoms with Crippen molar-refractivity contribution in [2.75, 3.05) is 0 Å². The van der Waals surface area contributed by atoms with E-state index in [0.29, 0.717) is 6.10 Å². The molecule has 2 rings (SSSR count). The maximum Gasteiger partial charge on any atom is 0.0987 e. The topological polar surface area (TPSA) is 9.23 Å². The van der Waals surface area contributed by atoms with Crippen molar-refractivity contribution < 1.29 is 4.74 Å². The molecular formula is C13H22O. The smallest absolute Gasteiger partial charge is 0.0987 e. The number of hydrogen-bond acceptors (Lipinski definition) is 1. The molecule has 2 atom stereocenters. The van der Waals surface area contributed by atoms with Gasteiger partial charge in [-0.3, -0.25) is 0 Å². The second-order valence-electron chi connectivity index (χ2n) is 4.89. The number of fused-ring (bicyclic) bond motifs is 2. The van der Waals surface area contributed by atoms with Crippen LogP contribution in [0.3, 0.4) is 0 Å². The van der Waals surface area contributed by atoms with Gasteiger partial charge in [-0.1, -0.05) is 26.2 Å². The molecule has 0 radical (unpaired) electrons. The Labute approximate surface area is 87.5 Å². The molecule has 80 valence electrons. The average molecular weight is 194 g/mol. The second kappa shape index (κ2) is 4.86. The molecule has 2 heterocycles. The van der Waals surface area contributed by atoms with Crippen LogP contribution in [0.1, 0.15) is 58.3 Å². The van der Waals surface area contributed by atoms with E-state index in [1.54, 1.807) is 0 Å². The van der Waals surface area contributed by atoms with E-state index in [1.165, 1.54) is 57.1 Å². The van der Waals surface area contributed by atoms with Crippen molar-refractivity contribution >= 4 is 0 Å². The van der Waals surface area contributed by atoms with Crippen LogP contribution in [0.2, 0.25) is 0 Å². The first kappa shape index (κ1) is 10.1. The molecule has 0 aromatic carbocycles. The highest BCUT2D eigenvalue weighted by Gasteiger charge is 2.20. The van der Waals surface area contributed by atoms with Gasteiger partial charge in [0.05, 0.1) is 11.9 Å². The Kier molecular flexibility index (Phi) is 3.49. The Hall–Kier alpha value is -0.460. The Morgan fingerprint density at radius 1 is 1.14 bits per heavy atom. The summed E-state index contributed by atoms with van der Waals surface area (Å²) in [5.74, 6) is 2.03. The van der Waals surface area contributed by atoms with Crippen LogP contribution < -0.4 is 0 Å². The Balaban J connectivity index is 1.98. The summed E-state index contributed by atoms with van der Waals surface area (Å²) in [6.45, 7) is 2.32. The molecule has 0 spiro atoms. The van der Waals surface area contributed by atoms with Crippen LogP contribution in [-0.4, -0.2) is 6.10 Å². The second-order valence-corrected chi connectivity index (χ2v) is 4.89. The molecular weight excluding hydrogens is 172 g/mol. The van der Waals surface area contributed by atoms with Gasteiger partial charge in [0.15, 0.2) is 0 Å². The minimum atomic E-state index is 0.531. The fourth-order valence-corrected chi connectivity index (χ4v) is 2.62. The van der Waals surface area contributed by atoms with Gasteiger partial charge < -0.3 is 4.74 Å². The third kappa shape index (κ3) is 2.76. The van der Waals surface area contributed by atoms with Crippen LogP contribution in [0, 0.1) is 5.92 Å². The first-order valence-electron chi connectivity index (χ1n) is 6.22. The normalized spacial score (nSPS) is 34.2. The van der Waals surface area contributed by atoms with Crippen LogP contribution in [0.4, 0.5) is 0 Å². The van der Waals surface area contributed by atoms with Gasteiger partial charge in [-0.15, -0.1) is 0 Å². The Bertz CT molecular complexity index is 207. The molecule has 0 aliphatic carbocycles. The standard InChI is InChI=1S/C13H22O/c1-11-9-12-7-5-3-2-4-6-8-13(10-11)14-12/h9,11,13H,2-8,10H2,1H3. The van der Waals surface area contributed by atoms with E-state index in [-0.39, 0.29) is 0 Å². The van der Waals surface area contributed by atoms with Crippen molar-refractivity contribution in [3.05, 3.63) is 11.8 Å². The molecule has 1 nitrogen and oxygen atoms in total. The van der Waals surface area contributed by atoms with E-state index < -0.39 is 0 Å². The van der Waals surface area contributed by atoms with E-state index in [4.69, 9.17) is 4.74 Å². The third-order valence-corrected chi connectivity index (χ3v) is 3.37. The van der Waals surface area contributed by atoms with E-state index in [2.05, 4.69) is 13.0 Å². The largest absolute Gasteiger partial charge is 0.495 e. The van der Waals surface area contributed by atoms with Gasteiger partial charge in [0.25, 0.3) is 0 Å². The predicted molar refractivity (Wildman–Crippen MR) is 59.1 cm³/mol. The summed E-state index contributed by atoms with van der Waals surface area (Å²) >= 11 is 0. The minimum absolute atomic E-state index is 0.531. The number of allylic oxidation sites excluding steroid dienone is 2. The number of ether oxygens (including phenoxy) is 1. The third-order valence-electron chi connectivity index (χ3n) is 3.37. The summed E-state index contributed by atoms with van der Waals surface area (Å²) in [7, 11) is 0. The van der Waals surface area contributed by atoms with Crippen molar-refractivity contribution in [2.24, 2.45) is 5.92 Å². The summed E-state index contributed by atoms with van der Waals surface area (Å²) in [5, 5.41) is 0. The van der Waals surface area contributed by atoms with Gasteiger partial charge in [-0.2, -0.15) is 0 Å². The van der Waals surface area contributed by atoms with Gasteiger partial charge in [-0.25, -0.2) is 0 Å². The summed E-state index contributed by atoms with van der Waals surface area (Å²) in [4.78, 5) is 0. The summed E-state index contributed by atoms with van der Waals surface area (Å²) in [6.07, 6.45) is 13.5. The zero-order valence-electron chi connectivity index (χ0n) is 9.30. The monoisotopic (exact) mass is 194 g/mol. The van der Waals surface area contributed by atoms with Crippen LogP contribution >= 0.6 is 0 Å². The molecule has 2 bridgehead atoms. The SMILES string of the molecule is CC1C=C2CCCCCCCC(C1)O2. The lowest BCUT2D eigenvalue weighted by Crippen LogP contribution is -2.21. The first-order valence-corrected chi connectivity index (χ1v) is 6.22. The lowest BCUT2D eigenvalue weighted by atomic mass is 9.93. The molecule has 2 aliphatic rings. The fourth-order valence-electron chi connectivity index (χ4n) is 2.62. The maximum atomic E-state index is 5.99. The highest BCUT2D eigenvalue weighted by molar-refractivity contribution is 5.01. The first-order chi connectivity index (χ1) is 6.84. The Morgan fingerprint density at radius 2 is 1.93 bits per heavy atom. The molecule has 0 amide bonds. The molecule has 0 aromatic heterocycles. The Morgan fingerprint density at radius 3 is 2.86 bits per heavy atom. The van der Waals surface area contributed by atoms with Crippen LogP contribution in [0.5, 0.6) is 0 Å². The summed E-state index contributed by atoms with van der Waals surface area (Å²) < 4.78 is 5.99. The molecule has 14 heavy (non-hydrogen) atoms. The predicted octanol–water partition coefficient (Wildman–Crippen LogP) is 4.04. The molecule has 0 N–H and O–H groups in total. The van der Waals surface area contributed by atoms with Gasteiger partial charge in [-0.05, 0) is 37.7 Å². The molecule has 1 heteroatoms. The molecule has 0 saturated carbocycles. The van der Waals surface area contributed by atoms with Crippen LogP contribution in [0.25, 0.3) is 0 Å². The van der Waals surface area contributed by atoms with Crippen molar-refractivity contribution in [3.8, 4) is 0 Å². The van der Waals surface area contributed by atoms with E-state index in [0.717, 1.165) is 5.92 Å². The summed E-state index contributed by atoms with van der Waals surface area (Å²) in [5.41, 5.74) is 0. The fraction of sp³-hybridized carbons (Fsp3) is 0.846. The van der Waals surface area contributed by atoms with Crippen LogP contribution in [-0.2, 0) is 4.74 Å². The van der Waals surface area contributed by atoms with Crippen LogP contribution in [0.15, 0.2) is 11.8 Å². The lowest BCUT2D eigenvalue weighted by molar-refractivity contribution is 0.0641. The van der Waals surface area contributed by atoms with Crippen molar-refractivity contribution in [1.82, 2.24) is 0 Å². The highest BCUT2D eigenvalue weighted by Crippen LogP contribution is 2.29. The average Bonchev–Trinajstić information content (AvgIpc) is 2.15. The molecule has 1 fully saturated rings. The quantitative estimate of drug-likeness (QED) is 0.565. The zero-order chi connectivity index (χ0) is 9.80. The van der Waals surface area contributed by atoms with Crippen molar-refractivity contribution in [1.29, 1.82) is 0 Å². The van der Waals surface area contributed by atoms with E-state index in [1.807, 2.05) is 0 Å². The lowest BCUT2D eigenvalue weighted by Gasteiger charge is -2.29. The van der Waals surface area contributed by atoms with E-state index >= 15 is 0 Å². The minimum Gasteiger partial charge on any atom is -0.495 e. The van der Waals surface area contributed by atoms with E-state index in [9.17, 15) is 0 Å². The highest BCUT2D eigenvalue weighted by atomic mass is 16.5. The van der Waals surface area contributed by atoms with Crippen molar-refractivity contribution in [2.45, 2.75) is 64.4 Å². The summed E-state index contributed by atoms with van der Waals surface area (Å²) in [6, 6.07) is 0. The number of hydrogen-bond donors (Lipinski definition) is 0. The maximum absolute atomic E-state index is 5.99. The van der Waals surface area contributed by atoms with Gasteiger partial charge >= 0.3 is 0 Å². The van der Waals surface area contributed by atoms with Gasteiger partial charge in [0.1, 0.15) is 0 Å². The molecule has 1 saturated heterocycles. The zero-order valence-corrected chi connectivity index (χ0v) is 9.30. The molecule has 0 aromatic rings.